The molecule has 3 heterocycles. The van der Waals surface area contributed by atoms with Crippen molar-refractivity contribution in [2.24, 2.45) is 0 Å². The summed E-state index contributed by atoms with van der Waals surface area (Å²) in [6, 6.07) is 12.0. The predicted molar refractivity (Wildman–Crippen MR) is 150 cm³/mol. The summed E-state index contributed by atoms with van der Waals surface area (Å²) in [5, 5.41) is 0.688. The van der Waals surface area contributed by atoms with Gasteiger partial charge in [-0.05, 0) is 67.8 Å². The quantitative estimate of drug-likeness (QED) is 0.442. The fourth-order valence-electron chi connectivity index (χ4n) is 5.18. The van der Waals surface area contributed by atoms with E-state index in [1.807, 2.05) is 30.0 Å². The Bertz CT molecular complexity index is 1530. The molecule has 5 rings (SSSR count). The van der Waals surface area contributed by atoms with Gasteiger partial charge in [0.1, 0.15) is 23.9 Å². The van der Waals surface area contributed by atoms with E-state index in [1.54, 1.807) is 12.1 Å². The molecule has 0 spiro atoms. The second-order valence-electron chi connectivity index (χ2n) is 9.94. The van der Waals surface area contributed by atoms with Gasteiger partial charge in [-0.3, -0.25) is 9.52 Å². The summed E-state index contributed by atoms with van der Waals surface area (Å²) in [6.07, 6.45) is -2.20. The number of hydrogen-bond acceptors (Lipinski definition) is 7. The molecule has 1 saturated heterocycles. The molecule has 1 amide bonds. The highest BCUT2D eigenvalue weighted by Gasteiger charge is 2.34. The van der Waals surface area contributed by atoms with Gasteiger partial charge in [-0.2, -0.15) is 13.2 Å². The molecular formula is C27H28ClF3N6O3S. The number of sulfonamides is 1. The van der Waals surface area contributed by atoms with Crippen LogP contribution in [-0.4, -0.2) is 68.0 Å². The Morgan fingerprint density at radius 3 is 2.39 bits per heavy atom. The summed E-state index contributed by atoms with van der Waals surface area (Å²) in [4.78, 5) is 26.0. The van der Waals surface area contributed by atoms with E-state index in [0.717, 1.165) is 36.3 Å². The first-order chi connectivity index (χ1) is 19.4. The summed E-state index contributed by atoms with van der Waals surface area (Å²) in [6.45, 7) is 4.89. The zero-order valence-corrected chi connectivity index (χ0v) is 23.7. The summed E-state index contributed by atoms with van der Waals surface area (Å²) in [5.74, 6) is -0.429. The molecule has 2 aliphatic heterocycles. The van der Waals surface area contributed by atoms with Crippen LogP contribution in [0, 0.1) is 0 Å². The predicted octanol–water partition coefficient (Wildman–Crippen LogP) is 4.44. The van der Waals surface area contributed by atoms with Gasteiger partial charge in [-0.25, -0.2) is 18.4 Å². The highest BCUT2D eigenvalue weighted by Crippen LogP contribution is 2.32. The number of carbonyl (C=O) groups excluding carboxylic acids is 1. The summed E-state index contributed by atoms with van der Waals surface area (Å²) in [7, 11) is -4.18. The van der Waals surface area contributed by atoms with Crippen molar-refractivity contribution in [1.82, 2.24) is 14.9 Å². The standard InChI is InChI=1S/C27H28ClF3N6O3S/c1-18(37-10-2-3-19-15-20(28)4-9-23(19)37)26(38)36-13-11-35(12-14-36)21-5-7-22(8-6-21)41(39,40)34-25-16-24(27(29,30)31)32-17-33-25/h4-9,15-18H,2-3,10-14H2,1H3,(H,32,33,34)/t18-/m1/s1. The third-order valence-corrected chi connectivity index (χ3v) is 8.93. The number of amides is 1. The molecule has 14 heteroatoms. The molecule has 1 fully saturated rings. The van der Waals surface area contributed by atoms with Gasteiger partial charge in [0.05, 0.1) is 4.90 Å². The van der Waals surface area contributed by atoms with Crippen LogP contribution in [0.15, 0.2) is 59.8 Å². The largest absolute Gasteiger partial charge is 0.433 e. The molecule has 0 bridgehead atoms. The molecule has 2 aromatic carbocycles. The number of carbonyl (C=O) groups is 1. The Hall–Kier alpha value is -3.58. The summed E-state index contributed by atoms with van der Waals surface area (Å²) >= 11 is 6.16. The zero-order chi connectivity index (χ0) is 29.4. The van der Waals surface area contributed by atoms with Crippen molar-refractivity contribution in [3.63, 3.8) is 0 Å². The van der Waals surface area contributed by atoms with Gasteiger partial charge in [-0.1, -0.05) is 11.6 Å². The number of rotatable bonds is 6. The molecule has 218 valence electrons. The lowest BCUT2D eigenvalue weighted by molar-refractivity contribution is -0.141. The van der Waals surface area contributed by atoms with E-state index >= 15 is 0 Å². The number of anilines is 3. The van der Waals surface area contributed by atoms with Crippen molar-refractivity contribution in [2.75, 3.05) is 47.2 Å². The number of hydrogen-bond donors (Lipinski definition) is 1. The number of halogens is 4. The number of nitrogens with zero attached hydrogens (tertiary/aromatic N) is 5. The fourth-order valence-corrected chi connectivity index (χ4v) is 6.37. The van der Waals surface area contributed by atoms with E-state index < -0.39 is 27.7 Å². The van der Waals surface area contributed by atoms with Crippen LogP contribution in [0.5, 0.6) is 0 Å². The number of alkyl halides is 3. The lowest BCUT2D eigenvalue weighted by atomic mass is 10.00. The summed E-state index contributed by atoms with van der Waals surface area (Å²) < 4.78 is 66.2. The van der Waals surface area contributed by atoms with Gasteiger partial charge in [0.2, 0.25) is 5.91 Å². The van der Waals surface area contributed by atoms with Crippen LogP contribution in [0.4, 0.5) is 30.4 Å². The van der Waals surface area contributed by atoms with Crippen LogP contribution in [0.3, 0.4) is 0 Å². The van der Waals surface area contributed by atoms with E-state index in [4.69, 9.17) is 11.6 Å². The molecule has 2 aliphatic rings. The first kappa shape index (κ1) is 28.9. The van der Waals surface area contributed by atoms with Crippen molar-refractivity contribution >= 4 is 44.7 Å². The maximum absolute atomic E-state index is 13.4. The third kappa shape index (κ3) is 6.35. The van der Waals surface area contributed by atoms with Gasteiger partial charge in [0, 0.05) is 55.2 Å². The van der Waals surface area contributed by atoms with E-state index in [9.17, 15) is 26.4 Å². The second-order valence-corrected chi connectivity index (χ2v) is 12.1. The maximum Gasteiger partial charge on any atom is 0.433 e. The van der Waals surface area contributed by atoms with E-state index in [0.29, 0.717) is 43.6 Å². The van der Waals surface area contributed by atoms with Gasteiger partial charge < -0.3 is 14.7 Å². The summed E-state index contributed by atoms with van der Waals surface area (Å²) in [5.41, 5.74) is 1.72. The normalized spacial score (nSPS) is 16.8. The number of fused-ring (bicyclic) bond motifs is 1. The SMILES string of the molecule is C[C@H](C(=O)N1CCN(c2ccc(S(=O)(=O)Nc3cc(C(F)(F)F)ncn3)cc2)CC1)N1CCCc2cc(Cl)ccc21. The Morgan fingerprint density at radius 1 is 1.00 bits per heavy atom. The number of piperazine rings is 1. The molecule has 9 nitrogen and oxygen atoms in total. The molecule has 0 saturated carbocycles. The lowest BCUT2D eigenvalue weighted by Gasteiger charge is -2.41. The number of benzene rings is 2. The van der Waals surface area contributed by atoms with Crippen LogP contribution in [-0.2, 0) is 27.4 Å². The maximum atomic E-state index is 13.4. The topological polar surface area (TPSA) is 98.7 Å². The smallest absolute Gasteiger partial charge is 0.368 e. The highest BCUT2D eigenvalue weighted by molar-refractivity contribution is 7.92. The average molecular weight is 609 g/mol. The molecule has 1 atom stereocenters. The Labute approximate surface area is 241 Å². The second kappa shape index (κ2) is 11.4. The van der Waals surface area contributed by atoms with Gasteiger partial charge in [-0.15, -0.1) is 0 Å². The number of nitrogens with one attached hydrogen (secondary N) is 1. The fraction of sp³-hybridized carbons (Fsp3) is 0.370. The van der Waals surface area contributed by atoms with Crippen molar-refractivity contribution in [3.05, 3.63) is 71.1 Å². The third-order valence-electron chi connectivity index (χ3n) is 7.32. The molecule has 0 aliphatic carbocycles. The zero-order valence-electron chi connectivity index (χ0n) is 22.1. The van der Waals surface area contributed by atoms with E-state index in [2.05, 4.69) is 24.5 Å². The Morgan fingerprint density at radius 2 is 1.71 bits per heavy atom. The van der Waals surface area contributed by atoms with Crippen LogP contribution < -0.4 is 14.5 Å². The van der Waals surface area contributed by atoms with Crippen LogP contribution >= 0.6 is 11.6 Å². The van der Waals surface area contributed by atoms with Gasteiger partial charge in [0.25, 0.3) is 10.0 Å². The first-order valence-electron chi connectivity index (χ1n) is 13.0. The molecule has 0 radical (unpaired) electrons. The van der Waals surface area contributed by atoms with Crippen LogP contribution in [0.1, 0.15) is 24.6 Å². The minimum absolute atomic E-state index is 0.0540. The van der Waals surface area contributed by atoms with Gasteiger partial charge >= 0.3 is 6.18 Å². The number of aryl methyl sites for hydroxylation is 1. The minimum Gasteiger partial charge on any atom is -0.368 e. The van der Waals surface area contributed by atoms with Crippen molar-refractivity contribution in [1.29, 1.82) is 0 Å². The first-order valence-corrected chi connectivity index (χ1v) is 14.9. The van der Waals surface area contributed by atoms with Crippen molar-refractivity contribution in [2.45, 2.75) is 36.9 Å². The monoisotopic (exact) mass is 608 g/mol. The van der Waals surface area contributed by atoms with Crippen LogP contribution in [0.25, 0.3) is 0 Å². The Kier molecular flexibility index (Phi) is 8.02. The minimum atomic E-state index is -4.73. The molecular weight excluding hydrogens is 581 g/mol. The molecule has 41 heavy (non-hydrogen) atoms. The molecule has 1 aromatic heterocycles. The molecule has 1 N–H and O–H groups in total. The lowest BCUT2D eigenvalue weighted by Crippen LogP contribution is -2.55. The van der Waals surface area contributed by atoms with Crippen molar-refractivity contribution < 1.29 is 26.4 Å². The van der Waals surface area contributed by atoms with E-state index in [-0.39, 0.29) is 16.8 Å². The molecule has 0 unspecified atom stereocenters. The van der Waals surface area contributed by atoms with Crippen LogP contribution in [0.2, 0.25) is 5.02 Å². The number of aromatic nitrogens is 2. The van der Waals surface area contributed by atoms with Crippen molar-refractivity contribution in [3.8, 4) is 0 Å². The van der Waals surface area contributed by atoms with E-state index in [1.165, 1.54) is 12.1 Å². The van der Waals surface area contributed by atoms with Gasteiger partial charge in [0.15, 0.2) is 0 Å². The molecule has 3 aromatic rings. The highest BCUT2D eigenvalue weighted by atomic mass is 35.5. The average Bonchev–Trinajstić information content (AvgIpc) is 2.95. The Balaban J connectivity index is 1.19.